The molecule has 0 bridgehead atoms. The summed E-state index contributed by atoms with van der Waals surface area (Å²) < 4.78 is 0. The van der Waals surface area contributed by atoms with Crippen molar-refractivity contribution in [2.75, 3.05) is 6.26 Å². The van der Waals surface area contributed by atoms with E-state index in [9.17, 15) is 4.79 Å². The van der Waals surface area contributed by atoms with E-state index in [1.165, 1.54) is 12.8 Å². The standard InChI is InChI=1S/C14H17N3OS/c1-19-13-4-2-3-11(13)17-14(18)9-5-6-10-12(7-9)16-8-15-10/h5-8,11,13H,2-4H2,1H3,(H,15,16)(H,17,18). The molecule has 2 unspecified atom stereocenters. The fraction of sp³-hybridized carbons (Fsp3) is 0.429. The first-order valence-electron chi connectivity index (χ1n) is 6.55. The number of aromatic amines is 1. The maximum Gasteiger partial charge on any atom is 0.251 e. The molecule has 3 rings (SSSR count). The van der Waals surface area contributed by atoms with Gasteiger partial charge in [0.15, 0.2) is 0 Å². The van der Waals surface area contributed by atoms with Crippen LogP contribution in [-0.4, -0.2) is 33.4 Å². The minimum absolute atomic E-state index is 0.0162. The Bertz CT molecular complexity index is 595. The normalized spacial score (nSPS) is 22.8. The topological polar surface area (TPSA) is 57.8 Å². The third-order valence-corrected chi connectivity index (χ3v) is 4.92. The molecule has 1 aliphatic rings. The van der Waals surface area contributed by atoms with Crippen LogP contribution in [0.25, 0.3) is 11.0 Å². The van der Waals surface area contributed by atoms with Crippen LogP contribution in [-0.2, 0) is 0 Å². The van der Waals surface area contributed by atoms with Crippen LogP contribution in [0.15, 0.2) is 24.5 Å². The van der Waals surface area contributed by atoms with Crippen molar-refractivity contribution in [3.63, 3.8) is 0 Å². The molecule has 2 N–H and O–H groups in total. The zero-order chi connectivity index (χ0) is 13.2. The van der Waals surface area contributed by atoms with E-state index < -0.39 is 0 Å². The number of fused-ring (bicyclic) bond motifs is 1. The molecule has 1 aromatic carbocycles. The molecular formula is C14H17N3OS. The Morgan fingerprint density at radius 1 is 1.47 bits per heavy atom. The van der Waals surface area contributed by atoms with Gasteiger partial charge in [0.1, 0.15) is 0 Å². The number of amides is 1. The van der Waals surface area contributed by atoms with Crippen molar-refractivity contribution < 1.29 is 4.79 Å². The highest BCUT2D eigenvalue weighted by molar-refractivity contribution is 7.99. The van der Waals surface area contributed by atoms with Crippen molar-refractivity contribution in [1.82, 2.24) is 15.3 Å². The Morgan fingerprint density at radius 3 is 3.21 bits per heavy atom. The Kier molecular flexibility index (Phi) is 3.46. The van der Waals surface area contributed by atoms with Gasteiger partial charge in [0, 0.05) is 16.9 Å². The van der Waals surface area contributed by atoms with Gasteiger partial charge in [-0.2, -0.15) is 11.8 Å². The molecule has 2 atom stereocenters. The second-order valence-corrected chi connectivity index (χ2v) is 6.00. The van der Waals surface area contributed by atoms with Gasteiger partial charge in [0.25, 0.3) is 5.91 Å². The minimum Gasteiger partial charge on any atom is -0.348 e. The van der Waals surface area contributed by atoms with Crippen molar-refractivity contribution in [3.05, 3.63) is 30.1 Å². The number of rotatable bonds is 3. The molecule has 1 heterocycles. The summed E-state index contributed by atoms with van der Waals surface area (Å²) in [6.07, 6.45) is 7.25. The van der Waals surface area contributed by atoms with E-state index >= 15 is 0 Å². The van der Waals surface area contributed by atoms with Crippen molar-refractivity contribution in [2.24, 2.45) is 0 Å². The quantitative estimate of drug-likeness (QED) is 0.905. The summed E-state index contributed by atoms with van der Waals surface area (Å²) in [6.45, 7) is 0. The number of nitrogens with zero attached hydrogens (tertiary/aromatic N) is 1. The van der Waals surface area contributed by atoms with Crippen molar-refractivity contribution >= 4 is 28.7 Å². The zero-order valence-corrected chi connectivity index (χ0v) is 11.7. The maximum absolute atomic E-state index is 12.3. The Balaban J connectivity index is 1.76. The van der Waals surface area contributed by atoms with E-state index in [-0.39, 0.29) is 5.91 Å². The highest BCUT2D eigenvalue weighted by atomic mass is 32.2. The third kappa shape index (κ3) is 2.47. The number of benzene rings is 1. The summed E-state index contributed by atoms with van der Waals surface area (Å²) in [7, 11) is 0. The molecule has 100 valence electrons. The number of carbonyl (C=O) groups excluding carboxylic acids is 1. The number of hydrogen-bond donors (Lipinski definition) is 2. The third-order valence-electron chi connectivity index (χ3n) is 3.75. The SMILES string of the molecule is CSC1CCCC1NC(=O)c1ccc2nc[nH]c2c1. The summed E-state index contributed by atoms with van der Waals surface area (Å²) in [5.74, 6) is 0.0162. The van der Waals surface area contributed by atoms with Crippen molar-refractivity contribution in [3.8, 4) is 0 Å². The van der Waals surface area contributed by atoms with Crippen LogP contribution in [0.4, 0.5) is 0 Å². The number of nitrogens with one attached hydrogen (secondary N) is 2. The van der Waals surface area contributed by atoms with Gasteiger partial charge in [0.05, 0.1) is 17.4 Å². The van der Waals surface area contributed by atoms with E-state index in [1.54, 1.807) is 6.33 Å². The maximum atomic E-state index is 12.3. The molecule has 19 heavy (non-hydrogen) atoms. The van der Waals surface area contributed by atoms with Crippen LogP contribution >= 0.6 is 11.8 Å². The average molecular weight is 275 g/mol. The largest absolute Gasteiger partial charge is 0.348 e. The highest BCUT2D eigenvalue weighted by Crippen LogP contribution is 2.28. The van der Waals surface area contributed by atoms with Gasteiger partial charge in [-0.15, -0.1) is 0 Å². The van der Waals surface area contributed by atoms with Crippen molar-refractivity contribution in [1.29, 1.82) is 0 Å². The molecule has 1 saturated carbocycles. The molecule has 2 aromatic rings. The zero-order valence-electron chi connectivity index (χ0n) is 10.8. The van der Waals surface area contributed by atoms with Gasteiger partial charge < -0.3 is 10.3 Å². The van der Waals surface area contributed by atoms with Crippen LogP contribution in [0.5, 0.6) is 0 Å². The number of hydrogen-bond acceptors (Lipinski definition) is 3. The number of aromatic nitrogens is 2. The van der Waals surface area contributed by atoms with Crippen LogP contribution in [0.3, 0.4) is 0 Å². The lowest BCUT2D eigenvalue weighted by Gasteiger charge is -2.19. The fourth-order valence-corrected chi connectivity index (χ4v) is 3.64. The van der Waals surface area contributed by atoms with E-state index in [4.69, 9.17) is 0 Å². The molecular weight excluding hydrogens is 258 g/mol. The molecule has 0 radical (unpaired) electrons. The molecule has 0 aliphatic heterocycles. The molecule has 1 aromatic heterocycles. The summed E-state index contributed by atoms with van der Waals surface area (Å²) >= 11 is 1.85. The predicted octanol–water partition coefficient (Wildman–Crippen LogP) is 2.58. The van der Waals surface area contributed by atoms with Gasteiger partial charge in [-0.3, -0.25) is 4.79 Å². The lowest BCUT2D eigenvalue weighted by molar-refractivity contribution is 0.0939. The predicted molar refractivity (Wildman–Crippen MR) is 78.5 cm³/mol. The smallest absolute Gasteiger partial charge is 0.251 e. The van der Waals surface area contributed by atoms with Crippen LogP contribution in [0, 0.1) is 0 Å². The molecule has 0 spiro atoms. The first-order chi connectivity index (χ1) is 9.28. The second-order valence-electron chi connectivity index (χ2n) is 4.92. The number of thioether (sulfide) groups is 1. The van der Waals surface area contributed by atoms with Gasteiger partial charge >= 0.3 is 0 Å². The number of imidazole rings is 1. The first-order valence-corrected chi connectivity index (χ1v) is 7.83. The summed E-state index contributed by atoms with van der Waals surface area (Å²) in [6, 6.07) is 5.88. The summed E-state index contributed by atoms with van der Waals surface area (Å²) in [5.41, 5.74) is 2.49. The molecule has 5 heteroatoms. The lowest BCUT2D eigenvalue weighted by atomic mass is 10.1. The van der Waals surface area contributed by atoms with Gasteiger partial charge in [-0.05, 0) is 37.3 Å². The average Bonchev–Trinajstić information content (AvgIpc) is 3.05. The van der Waals surface area contributed by atoms with Gasteiger partial charge in [-0.1, -0.05) is 6.42 Å². The summed E-state index contributed by atoms with van der Waals surface area (Å²) in [5, 5.41) is 3.71. The second kappa shape index (κ2) is 5.25. The number of H-pyrrole nitrogens is 1. The monoisotopic (exact) mass is 275 g/mol. The minimum atomic E-state index is 0.0162. The fourth-order valence-electron chi connectivity index (χ4n) is 2.70. The molecule has 1 aliphatic carbocycles. The molecule has 1 fully saturated rings. The van der Waals surface area contributed by atoms with E-state index in [0.717, 1.165) is 17.5 Å². The van der Waals surface area contributed by atoms with Gasteiger partial charge in [0.2, 0.25) is 0 Å². The Hall–Kier alpha value is -1.49. The van der Waals surface area contributed by atoms with E-state index in [2.05, 4.69) is 21.5 Å². The van der Waals surface area contributed by atoms with Crippen LogP contribution in [0.2, 0.25) is 0 Å². The Morgan fingerprint density at radius 2 is 2.37 bits per heavy atom. The lowest BCUT2D eigenvalue weighted by Crippen LogP contribution is -2.38. The van der Waals surface area contributed by atoms with E-state index in [1.807, 2.05) is 30.0 Å². The first kappa shape index (κ1) is 12.5. The molecule has 4 nitrogen and oxygen atoms in total. The van der Waals surface area contributed by atoms with E-state index in [0.29, 0.717) is 16.9 Å². The van der Waals surface area contributed by atoms with Gasteiger partial charge in [-0.25, -0.2) is 4.98 Å². The summed E-state index contributed by atoms with van der Waals surface area (Å²) in [4.78, 5) is 19.5. The van der Waals surface area contributed by atoms with Crippen molar-refractivity contribution in [2.45, 2.75) is 30.6 Å². The van der Waals surface area contributed by atoms with Crippen LogP contribution < -0.4 is 5.32 Å². The molecule has 1 amide bonds. The highest BCUT2D eigenvalue weighted by Gasteiger charge is 2.27. The number of carbonyl (C=O) groups is 1. The Labute approximate surface area is 116 Å². The molecule has 0 saturated heterocycles. The van der Waals surface area contributed by atoms with Crippen LogP contribution in [0.1, 0.15) is 29.6 Å².